The molecule has 2 aliphatic rings. The van der Waals surface area contributed by atoms with Gasteiger partial charge in [0.1, 0.15) is 0 Å². The van der Waals surface area contributed by atoms with Gasteiger partial charge in [0.25, 0.3) is 0 Å². The number of carbonyl (C=O) groups excluding carboxylic acids is 1. The summed E-state index contributed by atoms with van der Waals surface area (Å²) in [6, 6.07) is 1.14. The SMILES string of the molecule is COC1CC(NC2CCN(CC(=O)N(C)C)CC2)C1(C)C. The first-order valence-corrected chi connectivity index (χ1v) is 8.06. The van der Waals surface area contributed by atoms with Crippen LogP contribution in [0.4, 0.5) is 0 Å². The zero-order valence-electron chi connectivity index (χ0n) is 14.2. The number of likely N-dealkylation sites (tertiary alicyclic amines) is 1. The molecule has 122 valence electrons. The van der Waals surface area contributed by atoms with Crippen LogP contribution in [-0.2, 0) is 9.53 Å². The zero-order chi connectivity index (χ0) is 15.6. The van der Waals surface area contributed by atoms with E-state index >= 15 is 0 Å². The third-order valence-electron chi connectivity index (χ3n) is 5.34. The van der Waals surface area contributed by atoms with E-state index in [0.29, 0.717) is 24.7 Å². The maximum absolute atomic E-state index is 11.7. The summed E-state index contributed by atoms with van der Waals surface area (Å²) in [6.07, 6.45) is 3.76. The van der Waals surface area contributed by atoms with Gasteiger partial charge in [-0.3, -0.25) is 9.69 Å². The lowest BCUT2D eigenvalue weighted by Crippen LogP contribution is -2.63. The molecule has 2 atom stereocenters. The van der Waals surface area contributed by atoms with Gasteiger partial charge >= 0.3 is 0 Å². The summed E-state index contributed by atoms with van der Waals surface area (Å²) in [7, 11) is 5.45. The van der Waals surface area contributed by atoms with E-state index in [4.69, 9.17) is 4.74 Å². The van der Waals surface area contributed by atoms with Crippen LogP contribution in [0, 0.1) is 5.41 Å². The molecule has 0 aromatic carbocycles. The lowest BCUT2D eigenvalue weighted by Gasteiger charge is -2.53. The number of amides is 1. The molecule has 1 saturated heterocycles. The van der Waals surface area contributed by atoms with Crippen molar-refractivity contribution in [2.45, 2.75) is 51.3 Å². The Labute approximate surface area is 129 Å². The lowest BCUT2D eigenvalue weighted by atomic mass is 9.64. The number of piperidine rings is 1. The van der Waals surface area contributed by atoms with E-state index < -0.39 is 0 Å². The number of rotatable bonds is 5. The minimum absolute atomic E-state index is 0.199. The maximum atomic E-state index is 11.7. The third-order valence-corrected chi connectivity index (χ3v) is 5.34. The summed E-state index contributed by atoms with van der Waals surface area (Å²) in [4.78, 5) is 15.7. The molecule has 1 amide bonds. The van der Waals surface area contributed by atoms with E-state index in [1.54, 1.807) is 4.90 Å². The van der Waals surface area contributed by atoms with E-state index in [1.165, 1.54) is 0 Å². The normalized spacial score (nSPS) is 30.0. The second-order valence-corrected chi connectivity index (χ2v) is 7.34. The summed E-state index contributed by atoms with van der Waals surface area (Å²) in [5.74, 6) is 0.199. The summed E-state index contributed by atoms with van der Waals surface area (Å²) in [6.45, 7) is 7.15. The minimum Gasteiger partial charge on any atom is -0.381 e. The van der Waals surface area contributed by atoms with Gasteiger partial charge in [0.15, 0.2) is 0 Å². The number of hydrogen-bond donors (Lipinski definition) is 1. The van der Waals surface area contributed by atoms with Gasteiger partial charge in [-0.2, -0.15) is 0 Å². The van der Waals surface area contributed by atoms with Gasteiger partial charge in [-0.05, 0) is 19.3 Å². The van der Waals surface area contributed by atoms with Crippen LogP contribution >= 0.6 is 0 Å². The van der Waals surface area contributed by atoms with Gasteiger partial charge in [0.05, 0.1) is 12.6 Å². The first-order chi connectivity index (χ1) is 9.84. The fourth-order valence-electron chi connectivity index (χ4n) is 3.44. The van der Waals surface area contributed by atoms with E-state index in [9.17, 15) is 4.79 Å². The monoisotopic (exact) mass is 297 g/mol. The number of methoxy groups -OCH3 is 1. The molecule has 0 bridgehead atoms. The molecule has 2 fully saturated rings. The first kappa shape index (κ1) is 16.7. The van der Waals surface area contributed by atoms with Crippen LogP contribution in [0.3, 0.4) is 0 Å². The second-order valence-electron chi connectivity index (χ2n) is 7.34. The van der Waals surface area contributed by atoms with Crippen molar-refractivity contribution < 1.29 is 9.53 Å². The van der Waals surface area contributed by atoms with Crippen molar-refractivity contribution in [2.75, 3.05) is 40.8 Å². The Morgan fingerprint density at radius 3 is 2.43 bits per heavy atom. The fraction of sp³-hybridized carbons (Fsp3) is 0.938. The smallest absolute Gasteiger partial charge is 0.236 e. The van der Waals surface area contributed by atoms with Crippen molar-refractivity contribution in [3.8, 4) is 0 Å². The predicted octanol–water partition coefficient (Wildman–Crippen LogP) is 0.942. The fourth-order valence-corrected chi connectivity index (χ4v) is 3.44. The largest absolute Gasteiger partial charge is 0.381 e. The van der Waals surface area contributed by atoms with Gasteiger partial charge in [0.2, 0.25) is 5.91 Å². The minimum atomic E-state index is 0.199. The number of likely N-dealkylation sites (N-methyl/N-ethyl adjacent to an activating group) is 1. The second kappa shape index (κ2) is 6.63. The van der Waals surface area contributed by atoms with Gasteiger partial charge in [-0.25, -0.2) is 0 Å². The molecule has 2 rings (SSSR count). The molecule has 5 heteroatoms. The van der Waals surface area contributed by atoms with E-state index in [1.807, 2.05) is 21.2 Å². The van der Waals surface area contributed by atoms with Crippen LogP contribution in [0.1, 0.15) is 33.1 Å². The Morgan fingerprint density at radius 2 is 1.95 bits per heavy atom. The molecular formula is C16H31N3O2. The molecule has 0 spiro atoms. The lowest BCUT2D eigenvalue weighted by molar-refractivity contribution is -0.130. The van der Waals surface area contributed by atoms with Gasteiger partial charge in [0, 0.05) is 51.8 Å². The Balaban J connectivity index is 1.72. The van der Waals surface area contributed by atoms with Crippen molar-refractivity contribution in [1.82, 2.24) is 15.1 Å². The van der Waals surface area contributed by atoms with Crippen molar-refractivity contribution in [2.24, 2.45) is 5.41 Å². The van der Waals surface area contributed by atoms with Crippen LogP contribution in [-0.4, -0.2) is 74.7 Å². The first-order valence-electron chi connectivity index (χ1n) is 8.06. The molecule has 5 nitrogen and oxygen atoms in total. The summed E-state index contributed by atoms with van der Waals surface area (Å²) in [5, 5.41) is 3.80. The van der Waals surface area contributed by atoms with Crippen molar-refractivity contribution in [3.05, 3.63) is 0 Å². The Hall–Kier alpha value is -0.650. The predicted molar refractivity (Wildman–Crippen MR) is 84.3 cm³/mol. The van der Waals surface area contributed by atoms with Gasteiger partial charge in [-0.1, -0.05) is 13.8 Å². The molecule has 1 heterocycles. The molecule has 0 aromatic rings. The highest BCUT2D eigenvalue weighted by Crippen LogP contribution is 2.42. The average molecular weight is 297 g/mol. The topological polar surface area (TPSA) is 44.8 Å². The molecule has 1 aliphatic heterocycles. The highest BCUT2D eigenvalue weighted by atomic mass is 16.5. The van der Waals surface area contributed by atoms with Crippen LogP contribution in [0.25, 0.3) is 0 Å². The molecule has 1 aliphatic carbocycles. The highest BCUT2D eigenvalue weighted by molar-refractivity contribution is 5.77. The van der Waals surface area contributed by atoms with Gasteiger partial charge in [-0.15, -0.1) is 0 Å². The Kier molecular flexibility index (Phi) is 5.28. The number of hydrogen-bond acceptors (Lipinski definition) is 4. The average Bonchev–Trinajstić information content (AvgIpc) is 2.44. The Morgan fingerprint density at radius 1 is 1.33 bits per heavy atom. The van der Waals surface area contributed by atoms with E-state index in [0.717, 1.165) is 32.4 Å². The number of carbonyl (C=O) groups is 1. The number of nitrogens with zero attached hydrogens (tertiary/aromatic N) is 2. The van der Waals surface area contributed by atoms with Crippen LogP contribution in [0.15, 0.2) is 0 Å². The van der Waals surface area contributed by atoms with Crippen LogP contribution < -0.4 is 5.32 Å². The van der Waals surface area contributed by atoms with E-state index in [-0.39, 0.29) is 11.3 Å². The highest BCUT2D eigenvalue weighted by Gasteiger charge is 2.49. The quantitative estimate of drug-likeness (QED) is 0.820. The maximum Gasteiger partial charge on any atom is 0.236 e. The summed E-state index contributed by atoms with van der Waals surface area (Å²) in [5.41, 5.74) is 0.229. The van der Waals surface area contributed by atoms with Crippen molar-refractivity contribution in [1.29, 1.82) is 0 Å². The molecule has 2 unspecified atom stereocenters. The van der Waals surface area contributed by atoms with Gasteiger partial charge < -0.3 is 15.0 Å². The molecule has 1 saturated carbocycles. The standard InChI is InChI=1S/C16H31N3O2/c1-16(2)13(10-14(16)21-5)17-12-6-8-19(9-7-12)11-15(20)18(3)4/h12-14,17H,6-11H2,1-5H3. The molecule has 0 aromatic heterocycles. The van der Waals surface area contributed by atoms with Crippen LogP contribution in [0.2, 0.25) is 0 Å². The van der Waals surface area contributed by atoms with Crippen molar-refractivity contribution in [3.63, 3.8) is 0 Å². The van der Waals surface area contributed by atoms with Crippen LogP contribution in [0.5, 0.6) is 0 Å². The van der Waals surface area contributed by atoms with Crippen molar-refractivity contribution >= 4 is 5.91 Å². The molecule has 1 N–H and O–H groups in total. The number of nitrogens with one attached hydrogen (secondary N) is 1. The molecular weight excluding hydrogens is 266 g/mol. The Bertz CT molecular complexity index is 363. The summed E-state index contributed by atoms with van der Waals surface area (Å²) >= 11 is 0. The third kappa shape index (κ3) is 3.76. The summed E-state index contributed by atoms with van der Waals surface area (Å²) < 4.78 is 5.51. The zero-order valence-corrected chi connectivity index (χ0v) is 14.2. The molecule has 21 heavy (non-hydrogen) atoms. The molecule has 0 radical (unpaired) electrons. The van der Waals surface area contributed by atoms with E-state index in [2.05, 4.69) is 24.1 Å². The number of ether oxygens (including phenoxy) is 1.